The normalized spacial score (nSPS) is 30.2. The van der Waals surface area contributed by atoms with Gasteiger partial charge in [0.15, 0.2) is 0 Å². The molecule has 0 radical (unpaired) electrons. The first-order chi connectivity index (χ1) is 10.1. The maximum Gasteiger partial charge on any atom is 0.214 e. The smallest absolute Gasteiger partial charge is 0.214 e. The Bertz CT molecular complexity index is 578. The third-order valence-electron chi connectivity index (χ3n) is 4.30. The maximum atomic E-state index is 12.2. The number of sulfonamides is 1. The first-order valence-corrected chi connectivity index (χ1v) is 9.10. The average molecular weight is 311 g/mol. The van der Waals surface area contributed by atoms with Crippen LogP contribution in [0.15, 0.2) is 18.6 Å². The van der Waals surface area contributed by atoms with Crippen LogP contribution in [-0.2, 0) is 14.8 Å². The zero-order chi connectivity index (χ0) is 14.9. The van der Waals surface area contributed by atoms with Crippen molar-refractivity contribution in [1.29, 1.82) is 0 Å². The number of rotatable bonds is 4. The Kier molecular flexibility index (Phi) is 4.24. The van der Waals surface area contributed by atoms with Crippen LogP contribution < -0.4 is 0 Å². The largest absolute Gasteiger partial charge is 0.367 e. The minimum absolute atomic E-state index is 0.00894. The molecule has 0 amide bonds. The van der Waals surface area contributed by atoms with Gasteiger partial charge in [-0.15, -0.1) is 0 Å². The predicted octanol–water partition coefficient (Wildman–Crippen LogP) is 1.37. The summed E-state index contributed by atoms with van der Waals surface area (Å²) in [6.07, 6.45) is 5.64. The van der Waals surface area contributed by atoms with E-state index in [0.29, 0.717) is 25.4 Å². The summed E-state index contributed by atoms with van der Waals surface area (Å²) >= 11 is 0. The SMILES string of the molecule is CCCS(=O)(=O)N1CC[C@@H]2C[C@H](c3ccncn3)O[C@H]2C1. The van der Waals surface area contributed by atoms with Gasteiger partial charge in [-0.3, -0.25) is 0 Å². The molecule has 0 aliphatic carbocycles. The van der Waals surface area contributed by atoms with Crippen molar-refractivity contribution < 1.29 is 13.2 Å². The molecule has 0 bridgehead atoms. The van der Waals surface area contributed by atoms with E-state index in [1.807, 2.05) is 13.0 Å². The molecular formula is C14H21N3O3S. The van der Waals surface area contributed by atoms with Crippen molar-refractivity contribution in [3.63, 3.8) is 0 Å². The highest BCUT2D eigenvalue weighted by atomic mass is 32.2. The van der Waals surface area contributed by atoms with Crippen molar-refractivity contribution in [3.05, 3.63) is 24.3 Å². The fraction of sp³-hybridized carbons (Fsp3) is 0.714. The van der Waals surface area contributed by atoms with E-state index in [1.54, 1.807) is 10.5 Å². The summed E-state index contributed by atoms with van der Waals surface area (Å²) in [7, 11) is -3.13. The van der Waals surface area contributed by atoms with E-state index in [0.717, 1.165) is 18.5 Å². The molecule has 2 saturated heterocycles. The van der Waals surface area contributed by atoms with Crippen molar-refractivity contribution in [3.8, 4) is 0 Å². The average Bonchev–Trinajstić information content (AvgIpc) is 2.91. The number of fused-ring (bicyclic) bond motifs is 1. The van der Waals surface area contributed by atoms with Crippen molar-refractivity contribution in [2.75, 3.05) is 18.8 Å². The lowest BCUT2D eigenvalue weighted by Crippen LogP contribution is -2.46. The number of aromatic nitrogens is 2. The van der Waals surface area contributed by atoms with Crippen LogP contribution in [0, 0.1) is 5.92 Å². The standard InChI is InChI=1S/C14H21N3O3S/c1-2-7-21(18,19)17-6-4-11-8-13(20-14(11)9-17)12-3-5-15-10-16-12/h3,5,10-11,13-14H,2,4,6-9H2,1H3/t11-,13-,14+/m1/s1. The molecule has 3 heterocycles. The lowest BCUT2D eigenvalue weighted by Gasteiger charge is -2.33. The molecule has 2 aliphatic heterocycles. The van der Waals surface area contributed by atoms with Gasteiger partial charge in [-0.1, -0.05) is 6.92 Å². The molecule has 0 N–H and O–H groups in total. The summed E-state index contributed by atoms with van der Waals surface area (Å²) in [5, 5.41) is 0. The van der Waals surface area contributed by atoms with Crippen LogP contribution >= 0.6 is 0 Å². The van der Waals surface area contributed by atoms with Gasteiger partial charge >= 0.3 is 0 Å². The van der Waals surface area contributed by atoms with Gasteiger partial charge in [-0.05, 0) is 31.2 Å². The van der Waals surface area contributed by atoms with Crippen molar-refractivity contribution in [1.82, 2.24) is 14.3 Å². The molecule has 0 aromatic carbocycles. The Hall–Kier alpha value is -1.05. The minimum Gasteiger partial charge on any atom is -0.367 e. The van der Waals surface area contributed by atoms with Crippen LogP contribution in [0.25, 0.3) is 0 Å². The second-order valence-electron chi connectivity index (χ2n) is 5.76. The van der Waals surface area contributed by atoms with Crippen molar-refractivity contribution >= 4 is 10.0 Å². The third kappa shape index (κ3) is 3.09. The van der Waals surface area contributed by atoms with Crippen LogP contribution in [0.5, 0.6) is 0 Å². The van der Waals surface area contributed by atoms with Gasteiger partial charge in [0.05, 0.1) is 17.6 Å². The Morgan fingerprint density at radius 1 is 1.48 bits per heavy atom. The first kappa shape index (κ1) is 14.9. The van der Waals surface area contributed by atoms with Crippen LogP contribution in [-0.4, -0.2) is 47.6 Å². The molecule has 0 saturated carbocycles. The minimum atomic E-state index is -3.13. The monoisotopic (exact) mass is 311 g/mol. The predicted molar refractivity (Wildman–Crippen MR) is 78.0 cm³/mol. The van der Waals surface area contributed by atoms with E-state index in [9.17, 15) is 8.42 Å². The maximum absolute atomic E-state index is 12.2. The highest BCUT2D eigenvalue weighted by molar-refractivity contribution is 7.89. The van der Waals surface area contributed by atoms with Crippen molar-refractivity contribution in [2.45, 2.75) is 38.4 Å². The third-order valence-corrected chi connectivity index (χ3v) is 6.35. The van der Waals surface area contributed by atoms with Crippen LogP contribution in [0.1, 0.15) is 38.0 Å². The summed E-state index contributed by atoms with van der Waals surface area (Å²) in [6.45, 7) is 2.99. The first-order valence-electron chi connectivity index (χ1n) is 7.49. The van der Waals surface area contributed by atoms with Gasteiger partial charge in [-0.2, -0.15) is 4.31 Å². The summed E-state index contributed by atoms with van der Waals surface area (Å²) in [5.41, 5.74) is 0.891. The van der Waals surface area contributed by atoms with Gasteiger partial charge in [0.2, 0.25) is 10.0 Å². The molecule has 3 rings (SSSR count). The second-order valence-corrected chi connectivity index (χ2v) is 7.84. The number of ether oxygens (including phenoxy) is 1. The number of hydrogen-bond donors (Lipinski definition) is 0. The molecule has 2 aliphatic rings. The Morgan fingerprint density at radius 3 is 3.05 bits per heavy atom. The lowest BCUT2D eigenvalue weighted by atomic mass is 9.92. The quantitative estimate of drug-likeness (QED) is 0.839. The number of hydrogen-bond acceptors (Lipinski definition) is 5. The number of piperidine rings is 1. The fourth-order valence-corrected chi connectivity index (χ4v) is 4.76. The molecule has 116 valence electrons. The molecule has 0 spiro atoms. The molecule has 21 heavy (non-hydrogen) atoms. The van der Waals surface area contributed by atoms with Gasteiger partial charge in [-0.25, -0.2) is 18.4 Å². The van der Waals surface area contributed by atoms with E-state index in [2.05, 4.69) is 9.97 Å². The van der Waals surface area contributed by atoms with Gasteiger partial charge in [0.1, 0.15) is 12.4 Å². The van der Waals surface area contributed by atoms with E-state index in [1.165, 1.54) is 6.33 Å². The molecule has 3 atom stereocenters. The number of nitrogens with zero attached hydrogens (tertiary/aromatic N) is 3. The van der Waals surface area contributed by atoms with E-state index in [4.69, 9.17) is 4.74 Å². The van der Waals surface area contributed by atoms with E-state index < -0.39 is 10.0 Å². The zero-order valence-corrected chi connectivity index (χ0v) is 13.0. The highest BCUT2D eigenvalue weighted by Crippen LogP contribution is 2.40. The molecule has 7 heteroatoms. The summed E-state index contributed by atoms with van der Waals surface area (Å²) in [5.74, 6) is 0.651. The molecular weight excluding hydrogens is 290 g/mol. The second kappa shape index (κ2) is 5.98. The summed E-state index contributed by atoms with van der Waals surface area (Å²) in [6, 6.07) is 1.87. The Balaban J connectivity index is 1.68. The molecule has 6 nitrogen and oxygen atoms in total. The summed E-state index contributed by atoms with van der Waals surface area (Å²) < 4.78 is 32.0. The molecule has 0 unspecified atom stereocenters. The fourth-order valence-electron chi connectivity index (χ4n) is 3.22. The highest BCUT2D eigenvalue weighted by Gasteiger charge is 2.42. The summed E-state index contributed by atoms with van der Waals surface area (Å²) in [4.78, 5) is 8.17. The molecule has 1 aromatic heterocycles. The molecule has 1 aromatic rings. The van der Waals surface area contributed by atoms with Gasteiger partial charge < -0.3 is 4.74 Å². The molecule has 2 fully saturated rings. The Labute approximate surface area is 125 Å². The topological polar surface area (TPSA) is 72.4 Å². The Morgan fingerprint density at radius 2 is 2.33 bits per heavy atom. The van der Waals surface area contributed by atoms with Crippen molar-refractivity contribution in [2.24, 2.45) is 5.92 Å². The van der Waals surface area contributed by atoms with Crippen LogP contribution in [0.3, 0.4) is 0 Å². The van der Waals surface area contributed by atoms with E-state index in [-0.39, 0.29) is 18.0 Å². The van der Waals surface area contributed by atoms with Gasteiger partial charge in [0.25, 0.3) is 0 Å². The van der Waals surface area contributed by atoms with Crippen LogP contribution in [0.2, 0.25) is 0 Å². The lowest BCUT2D eigenvalue weighted by molar-refractivity contribution is 0.00861. The zero-order valence-electron chi connectivity index (χ0n) is 12.2. The van der Waals surface area contributed by atoms with E-state index >= 15 is 0 Å². The van der Waals surface area contributed by atoms with Crippen LogP contribution in [0.4, 0.5) is 0 Å². The van der Waals surface area contributed by atoms with Gasteiger partial charge in [0, 0.05) is 19.3 Å².